The molecule has 6 nitrogen and oxygen atoms in total. The Labute approximate surface area is 120 Å². The second-order valence-corrected chi connectivity index (χ2v) is 5.37. The Morgan fingerprint density at radius 2 is 2.20 bits per heavy atom. The lowest BCUT2D eigenvalue weighted by atomic mass is 9.85. The summed E-state index contributed by atoms with van der Waals surface area (Å²) in [6.45, 7) is 0. The van der Waals surface area contributed by atoms with Gasteiger partial charge in [0.25, 0.3) is 5.69 Å². The van der Waals surface area contributed by atoms with Crippen LogP contribution in [0.4, 0.5) is 11.4 Å². The molecular weight excluding hydrogens is 284 g/mol. The molecular formula is C13H15ClN2O4. The third kappa shape index (κ3) is 3.39. The summed E-state index contributed by atoms with van der Waals surface area (Å²) in [6.07, 6.45) is 3.01. The van der Waals surface area contributed by atoms with Gasteiger partial charge >= 0.3 is 5.97 Å². The molecule has 0 saturated heterocycles. The summed E-state index contributed by atoms with van der Waals surface area (Å²) in [5.74, 6) is -1.09. The van der Waals surface area contributed by atoms with E-state index < -0.39 is 10.9 Å². The Bertz CT molecular complexity index is 535. The molecule has 0 spiro atoms. The van der Waals surface area contributed by atoms with Gasteiger partial charge in [0.1, 0.15) is 5.02 Å². The van der Waals surface area contributed by atoms with Crippen molar-refractivity contribution in [2.24, 2.45) is 5.92 Å². The quantitative estimate of drug-likeness (QED) is 0.657. The fourth-order valence-corrected chi connectivity index (χ4v) is 2.78. The van der Waals surface area contributed by atoms with Gasteiger partial charge in [0.2, 0.25) is 0 Å². The molecule has 1 aliphatic rings. The van der Waals surface area contributed by atoms with E-state index in [0.717, 1.165) is 12.8 Å². The number of nitro benzene ring substituents is 1. The first-order chi connectivity index (χ1) is 9.47. The monoisotopic (exact) mass is 298 g/mol. The number of rotatable bonds is 4. The minimum absolute atomic E-state index is 0.0578. The number of nitrogens with zero attached hydrogens (tertiary/aromatic N) is 1. The van der Waals surface area contributed by atoms with Crippen LogP contribution in [0.3, 0.4) is 0 Å². The van der Waals surface area contributed by atoms with Gasteiger partial charge in [-0.1, -0.05) is 18.0 Å². The number of carboxylic acid groups (broad SMARTS) is 1. The topological polar surface area (TPSA) is 92.5 Å². The van der Waals surface area contributed by atoms with Crippen LogP contribution in [-0.2, 0) is 4.79 Å². The van der Waals surface area contributed by atoms with Crippen LogP contribution < -0.4 is 5.32 Å². The van der Waals surface area contributed by atoms with Crippen LogP contribution in [0.2, 0.25) is 5.02 Å². The highest BCUT2D eigenvalue weighted by molar-refractivity contribution is 6.32. The maximum absolute atomic E-state index is 11.0. The summed E-state index contributed by atoms with van der Waals surface area (Å²) in [4.78, 5) is 21.1. The van der Waals surface area contributed by atoms with Crippen LogP contribution in [0.15, 0.2) is 18.2 Å². The summed E-state index contributed by atoms with van der Waals surface area (Å²) < 4.78 is 0. The van der Waals surface area contributed by atoms with Gasteiger partial charge < -0.3 is 10.4 Å². The highest BCUT2D eigenvalue weighted by Crippen LogP contribution is 2.30. The van der Waals surface area contributed by atoms with Crippen molar-refractivity contribution in [3.63, 3.8) is 0 Å². The average Bonchev–Trinajstić information content (AvgIpc) is 2.38. The number of carboxylic acids is 1. The Hall–Kier alpha value is -1.82. The van der Waals surface area contributed by atoms with Crippen molar-refractivity contribution in [2.75, 3.05) is 5.32 Å². The predicted octanol–water partition coefficient (Wildman–Crippen LogP) is 3.30. The Morgan fingerprint density at radius 3 is 2.80 bits per heavy atom. The van der Waals surface area contributed by atoms with E-state index in [1.807, 2.05) is 0 Å². The highest BCUT2D eigenvalue weighted by Gasteiger charge is 2.27. The van der Waals surface area contributed by atoms with E-state index in [2.05, 4.69) is 5.32 Å². The molecule has 2 N–H and O–H groups in total. The van der Waals surface area contributed by atoms with Crippen LogP contribution in [0.1, 0.15) is 25.7 Å². The average molecular weight is 299 g/mol. The zero-order valence-corrected chi connectivity index (χ0v) is 11.5. The first-order valence-electron chi connectivity index (χ1n) is 6.40. The van der Waals surface area contributed by atoms with Crippen LogP contribution in [0, 0.1) is 16.0 Å². The molecule has 7 heteroatoms. The standard InChI is InChI=1S/C13H15ClN2O4/c14-11-7-10(4-5-12(11)16(19)20)15-9-3-1-2-8(6-9)13(17)18/h4-5,7-9,15H,1-3,6H2,(H,17,18). The van der Waals surface area contributed by atoms with Gasteiger partial charge in [-0.05, 0) is 31.4 Å². The Kier molecular flexibility index (Phi) is 4.44. The lowest BCUT2D eigenvalue weighted by Crippen LogP contribution is -2.30. The predicted molar refractivity (Wildman–Crippen MR) is 75.1 cm³/mol. The molecule has 1 aliphatic carbocycles. The van der Waals surface area contributed by atoms with Gasteiger partial charge in [0, 0.05) is 17.8 Å². The molecule has 1 aromatic carbocycles. The van der Waals surface area contributed by atoms with E-state index in [1.54, 1.807) is 6.07 Å². The van der Waals surface area contributed by atoms with Gasteiger partial charge in [-0.2, -0.15) is 0 Å². The van der Waals surface area contributed by atoms with Crippen LogP contribution >= 0.6 is 11.6 Å². The smallest absolute Gasteiger partial charge is 0.306 e. The van der Waals surface area contributed by atoms with E-state index in [1.165, 1.54) is 12.1 Å². The molecule has 1 aromatic rings. The lowest BCUT2D eigenvalue weighted by Gasteiger charge is -2.28. The van der Waals surface area contributed by atoms with Crippen LogP contribution in [0.25, 0.3) is 0 Å². The van der Waals surface area contributed by atoms with Crippen LogP contribution in [0.5, 0.6) is 0 Å². The number of aliphatic carboxylic acids is 1. The number of halogens is 1. The van der Waals surface area contributed by atoms with E-state index in [0.29, 0.717) is 18.5 Å². The second-order valence-electron chi connectivity index (χ2n) is 4.97. The molecule has 108 valence electrons. The van der Waals surface area contributed by atoms with Gasteiger partial charge in [0.15, 0.2) is 0 Å². The highest BCUT2D eigenvalue weighted by atomic mass is 35.5. The Balaban J connectivity index is 2.04. The SMILES string of the molecule is O=C(O)C1CCCC(Nc2ccc([N+](=O)[O-])c(Cl)c2)C1. The third-order valence-electron chi connectivity index (χ3n) is 3.54. The summed E-state index contributed by atoms with van der Waals surface area (Å²) in [5, 5.41) is 23.0. The molecule has 2 atom stereocenters. The molecule has 0 amide bonds. The van der Waals surface area contributed by atoms with Crippen molar-refractivity contribution in [3.05, 3.63) is 33.3 Å². The van der Waals surface area contributed by atoms with E-state index in [-0.39, 0.29) is 22.7 Å². The van der Waals surface area contributed by atoms with E-state index in [4.69, 9.17) is 16.7 Å². The fraction of sp³-hybridized carbons (Fsp3) is 0.462. The summed E-state index contributed by atoms with van der Waals surface area (Å²) in [5.41, 5.74) is 0.543. The number of benzene rings is 1. The summed E-state index contributed by atoms with van der Waals surface area (Å²) >= 11 is 5.85. The fourth-order valence-electron chi connectivity index (χ4n) is 2.53. The molecule has 2 rings (SSSR count). The normalized spacial score (nSPS) is 22.2. The maximum atomic E-state index is 11.0. The van der Waals surface area contributed by atoms with Gasteiger partial charge in [-0.25, -0.2) is 0 Å². The molecule has 0 bridgehead atoms. The number of hydrogen-bond donors (Lipinski definition) is 2. The van der Waals surface area contributed by atoms with Crippen molar-refractivity contribution in [1.29, 1.82) is 0 Å². The zero-order chi connectivity index (χ0) is 14.7. The molecule has 1 fully saturated rings. The van der Waals surface area contributed by atoms with Crippen molar-refractivity contribution in [2.45, 2.75) is 31.7 Å². The van der Waals surface area contributed by atoms with Crippen molar-refractivity contribution in [3.8, 4) is 0 Å². The van der Waals surface area contributed by atoms with Gasteiger partial charge in [-0.15, -0.1) is 0 Å². The zero-order valence-electron chi connectivity index (χ0n) is 10.7. The minimum atomic E-state index is -0.766. The molecule has 0 aromatic heterocycles. The summed E-state index contributed by atoms with van der Waals surface area (Å²) in [7, 11) is 0. The molecule has 20 heavy (non-hydrogen) atoms. The molecule has 2 unspecified atom stereocenters. The second kappa shape index (κ2) is 6.09. The van der Waals surface area contributed by atoms with E-state index in [9.17, 15) is 14.9 Å². The van der Waals surface area contributed by atoms with E-state index >= 15 is 0 Å². The number of nitrogens with one attached hydrogen (secondary N) is 1. The Morgan fingerprint density at radius 1 is 1.45 bits per heavy atom. The molecule has 0 aliphatic heterocycles. The van der Waals surface area contributed by atoms with Crippen molar-refractivity contribution >= 4 is 28.9 Å². The number of anilines is 1. The molecule has 0 heterocycles. The number of nitro groups is 1. The number of hydrogen-bond acceptors (Lipinski definition) is 4. The number of carbonyl (C=O) groups is 1. The van der Waals surface area contributed by atoms with Gasteiger partial charge in [-0.3, -0.25) is 14.9 Å². The molecule has 1 saturated carbocycles. The first-order valence-corrected chi connectivity index (χ1v) is 6.78. The maximum Gasteiger partial charge on any atom is 0.306 e. The summed E-state index contributed by atoms with van der Waals surface area (Å²) in [6, 6.07) is 4.50. The van der Waals surface area contributed by atoms with Gasteiger partial charge in [0.05, 0.1) is 10.8 Å². The minimum Gasteiger partial charge on any atom is -0.481 e. The largest absolute Gasteiger partial charge is 0.481 e. The van der Waals surface area contributed by atoms with Crippen LogP contribution in [-0.4, -0.2) is 22.0 Å². The van der Waals surface area contributed by atoms with Crippen molar-refractivity contribution < 1.29 is 14.8 Å². The first kappa shape index (κ1) is 14.6. The lowest BCUT2D eigenvalue weighted by molar-refractivity contribution is -0.384. The third-order valence-corrected chi connectivity index (χ3v) is 3.84. The van der Waals surface area contributed by atoms with Crippen molar-refractivity contribution in [1.82, 2.24) is 0 Å². The molecule has 0 radical (unpaired) electrons.